The van der Waals surface area contributed by atoms with Crippen LogP contribution in [0.15, 0.2) is 89.4 Å². The van der Waals surface area contributed by atoms with Gasteiger partial charge in [-0.05, 0) is 74.1 Å². The maximum absolute atomic E-state index is 13.2. The average molecular weight is 512 g/mol. The summed E-state index contributed by atoms with van der Waals surface area (Å²) in [6.45, 7) is 5.45. The van der Waals surface area contributed by atoms with Crippen LogP contribution in [0, 0.1) is 5.92 Å². The molecule has 4 heteroatoms. The van der Waals surface area contributed by atoms with Crippen molar-refractivity contribution in [2.45, 2.75) is 20.5 Å². The zero-order chi connectivity index (χ0) is 23.7. The van der Waals surface area contributed by atoms with Crippen LogP contribution in [0.4, 0.5) is 5.69 Å². The minimum atomic E-state index is 0.0580. The van der Waals surface area contributed by atoms with Gasteiger partial charge in [0, 0.05) is 17.7 Å². The molecule has 0 unspecified atom stereocenters. The Morgan fingerprint density at radius 3 is 2.47 bits per heavy atom. The van der Waals surface area contributed by atoms with Crippen LogP contribution in [0.2, 0.25) is 0 Å². The van der Waals surface area contributed by atoms with Gasteiger partial charge >= 0.3 is 0 Å². The molecule has 1 aliphatic heterocycles. The minimum Gasteiger partial charge on any atom is -0.488 e. The van der Waals surface area contributed by atoms with Crippen LogP contribution in [-0.2, 0) is 11.4 Å². The van der Waals surface area contributed by atoms with Gasteiger partial charge in [-0.15, -0.1) is 0 Å². The number of hydrogen-bond acceptors (Lipinski definition) is 2. The van der Waals surface area contributed by atoms with Crippen LogP contribution < -0.4 is 9.64 Å². The van der Waals surface area contributed by atoms with E-state index in [1.807, 2.05) is 65.6 Å². The molecule has 1 aliphatic rings. The Bertz CT molecular complexity index is 1410. The molecule has 0 bridgehead atoms. The second-order valence-electron chi connectivity index (χ2n) is 9.04. The molecule has 0 fully saturated rings. The Labute approximate surface area is 208 Å². The van der Waals surface area contributed by atoms with Gasteiger partial charge in [-0.1, -0.05) is 74.5 Å². The normalized spacial score (nSPS) is 14.3. The lowest BCUT2D eigenvalue weighted by molar-refractivity contribution is -0.113. The highest BCUT2D eigenvalue weighted by molar-refractivity contribution is 9.10. The van der Waals surface area contributed by atoms with E-state index in [1.54, 1.807) is 0 Å². The molecule has 1 heterocycles. The third-order valence-corrected chi connectivity index (χ3v) is 6.60. The standard InChI is InChI=1S/C30H26BrNO2/c1-20(2)18-32-28-10-6-5-9-25(28)26(30(32)33)16-21-12-14-29(27(31)17-21)34-19-22-11-13-23-7-3-4-8-24(23)15-22/h3-17,20H,18-19H2,1-2H3/b26-16-. The van der Waals surface area contributed by atoms with Gasteiger partial charge in [0.05, 0.1) is 10.2 Å². The Balaban J connectivity index is 1.36. The fourth-order valence-corrected chi connectivity index (χ4v) is 4.88. The van der Waals surface area contributed by atoms with Crippen molar-refractivity contribution in [2.75, 3.05) is 11.4 Å². The highest BCUT2D eigenvalue weighted by atomic mass is 79.9. The second-order valence-corrected chi connectivity index (χ2v) is 9.90. The summed E-state index contributed by atoms with van der Waals surface area (Å²) in [6.07, 6.45) is 1.97. The van der Waals surface area contributed by atoms with E-state index in [9.17, 15) is 4.79 Å². The summed E-state index contributed by atoms with van der Waals surface area (Å²) < 4.78 is 6.95. The van der Waals surface area contributed by atoms with Gasteiger partial charge in [-0.3, -0.25) is 4.79 Å². The molecular weight excluding hydrogens is 486 g/mol. The topological polar surface area (TPSA) is 29.5 Å². The number of rotatable bonds is 6. The molecule has 4 aromatic carbocycles. The van der Waals surface area contributed by atoms with Crippen molar-refractivity contribution in [2.24, 2.45) is 5.92 Å². The highest BCUT2D eigenvalue weighted by Crippen LogP contribution is 2.38. The second kappa shape index (κ2) is 9.47. The number of para-hydroxylation sites is 1. The molecule has 0 atom stereocenters. The van der Waals surface area contributed by atoms with Crippen LogP contribution in [0.25, 0.3) is 22.4 Å². The molecule has 0 radical (unpaired) electrons. The molecule has 1 amide bonds. The summed E-state index contributed by atoms with van der Waals surface area (Å²) in [5.41, 5.74) is 4.78. The summed E-state index contributed by atoms with van der Waals surface area (Å²) >= 11 is 3.65. The van der Waals surface area contributed by atoms with Crippen LogP contribution in [0.1, 0.15) is 30.5 Å². The van der Waals surface area contributed by atoms with Crippen molar-refractivity contribution >= 4 is 49.9 Å². The Morgan fingerprint density at radius 1 is 0.912 bits per heavy atom. The molecule has 4 aromatic rings. The van der Waals surface area contributed by atoms with Gasteiger partial charge < -0.3 is 9.64 Å². The summed E-state index contributed by atoms with van der Waals surface area (Å²) in [5.74, 6) is 1.22. The van der Waals surface area contributed by atoms with E-state index in [2.05, 4.69) is 60.1 Å². The number of carbonyl (C=O) groups excluding carboxylic acids is 1. The lowest BCUT2D eigenvalue weighted by Crippen LogP contribution is -2.30. The largest absolute Gasteiger partial charge is 0.488 e. The smallest absolute Gasteiger partial charge is 0.259 e. The number of nitrogens with zero attached hydrogens (tertiary/aromatic N) is 1. The number of halogens is 1. The fourth-order valence-electron chi connectivity index (χ4n) is 4.37. The van der Waals surface area contributed by atoms with E-state index in [0.717, 1.165) is 38.2 Å². The average Bonchev–Trinajstić information content (AvgIpc) is 3.09. The number of hydrogen-bond donors (Lipinski definition) is 0. The summed E-state index contributed by atoms with van der Waals surface area (Å²) in [5, 5.41) is 2.43. The van der Waals surface area contributed by atoms with Gasteiger partial charge in [-0.2, -0.15) is 0 Å². The third kappa shape index (κ3) is 4.51. The van der Waals surface area contributed by atoms with Gasteiger partial charge in [-0.25, -0.2) is 0 Å². The van der Waals surface area contributed by atoms with E-state index in [0.29, 0.717) is 19.1 Å². The van der Waals surface area contributed by atoms with Crippen LogP contribution >= 0.6 is 15.9 Å². The van der Waals surface area contributed by atoms with Gasteiger partial charge in [0.1, 0.15) is 12.4 Å². The quantitative estimate of drug-likeness (QED) is 0.248. The predicted molar refractivity (Wildman–Crippen MR) is 144 cm³/mol. The number of anilines is 1. The molecule has 34 heavy (non-hydrogen) atoms. The predicted octanol–water partition coefficient (Wildman–Crippen LogP) is 7.72. The van der Waals surface area contributed by atoms with Gasteiger partial charge in [0.2, 0.25) is 0 Å². The molecule has 3 nitrogen and oxygen atoms in total. The van der Waals surface area contributed by atoms with Crippen molar-refractivity contribution in [3.8, 4) is 5.75 Å². The van der Waals surface area contributed by atoms with Crippen molar-refractivity contribution in [1.82, 2.24) is 0 Å². The first-order chi connectivity index (χ1) is 16.5. The molecular formula is C30H26BrNO2. The van der Waals surface area contributed by atoms with E-state index >= 15 is 0 Å². The molecule has 0 aliphatic carbocycles. The van der Waals surface area contributed by atoms with Crippen LogP contribution in [0.5, 0.6) is 5.75 Å². The lowest BCUT2D eigenvalue weighted by atomic mass is 10.0. The fraction of sp³-hybridized carbons (Fsp3) is 0.167. The third-order valence-electron chi connectivity index (χ3n) is 5.98. The summed E-state index contributed by atoms with van der Waals surface area (Å²) in [4.78, 5) is 15.1. The number of amides is 1. The van der Waals surface area contributed by atoms with Gasteiger partial charge in [0.25, 0.3) is 5.91 Å². The Hall–Kier alpha value is -3.37. The molecule has 0 spiro atoms. The molecule has 0 aromatic heterocycles. The van der Waals surface area contributed by atoms with E-state index in [1.165, 1.54) is 10.8 Å². The zero-order valence-electron chi connectivity index (χ0n) is 19.3. The van der Waals surface area contributed by atoms with E-state index < -0.39 is 0 Å². The SMILES string of the molecule is CC(C)CN1C(=O)/C(=C\c2ccc(OCc3ccc4ccccc4c3)c(Br)c2)c2ccccc21. The number of fused-ring (bicyclic) bond motifs is 2. The highest BCUT2D eigenvalue weighted by Gasteiger charge is 2.32. The maximum Gasteiger partial charge on any atom is 0.259 e. The lowest BCUT2D eigenvalue weighted by Gasteiger charge is -2.19. The number of benzene rings is 4. The van der Waals surface area contributed by atoms with E-state index in [-0.39, 0.29) is 5.91 Å². The molecule has 0 N–H and O–H groups in total. The van der Waals surface area contributed by atoms with Crippen molar-refractivity contribution < 1.29 is 9.53 Å². The van der Waals surface area contributed by atoms with Crippen molar-refractivity contribution in [1.29, 1.82) is 0 Å². The monoisotopic (exact) mass is 511 g/mol. The first-order valence-electron chi connectivity index (χ1n) is 11.5. The van der Waals surface area contributed by atoms with E-state index in [4.69, 9.17) is 4.74 Å². The number of carbonyl (C=O) groups is 1. The minimum absolute atomic E-state index is 0.0580. The summed E-state index contributed by atoms with van der Waals surface area (Å²) in [6, 6.07) is 28.7. The first-order valence-corrected chi connectivity index (χ1v) is 12.3. The Kier molecular flexibility index (Phi) is 6.25. The van der Waals surface area contributed by atoms with Gasteiger partial charge in [0.15, 0.2) is 0 Å². The van der Waals surface area contributed by atoms with Crippen molar-refractivity contribution in [3.63, 3.8) is 0 Å². The molecule has 170 valence electrons. The molecule has 5 rings (SSSR count). The van der Waals surface area contributed by atoms with Crippen LogP contribution in [-0.4, -0.2) is 12.5 Å². The Morgan fingerprint density at radius 2 is 1.68 bits per heavy atom. The molecule has 0 saturated heterocycles. The first kappa shape index (κ1) is 22.4. The zero-order valence-corrected chi connectivity index (χ0v) is 20.9. The van der Waals surface area contributed by atoms with Crippen molar-refractivity contribution in [3.05, 3.63) is 106 Å². The molecule has 0 saturated carbocycles. The summed E-state index contributed by atoms with van der Waals surface area (Å²) in [7, 11) is 0. The number of ether oxygens (including phenoxy) is 1. The maximum atomic E-state index is 13.2. The van der Waals surface area contributed by atoms with Crippen LogP contribution in [0.3, 0.4) is 0 Å².